The van der Waals surface area contributed by atoms with Gasteiger partial charge in [-0.1, -0.05) is 46.3 Å². The molecular weight excluding hydrogens is 692 g/mol. The molecule has 21 atom stereocenters. The Balaban J connectivity index is 1.31. The van der Waals surface area contributed by atoms with Crippen LogP contribution in [0.1, 0.15) is 86.0 Å². The van der Waals surface area contributed by atoms with Gasteiger partial charge in [-0.2, -0.15) is 0 Å². The maximum atomic E-state index is 11.6. The molecule has 53 heavy (non-hydrogen) atoms. The lowest BCUT2D eigenvalue weighted by atomic mass is 9.46. The minimum Gasteiger partial charge on any atom is -0.394 e. The second-order valence-corrected chi connectivity index (χ2v) is 18.1. The standard InChI is InChI=1S/C39H66O14/c1-17(2)6-9-24(43)18(3)29-25(50-36-34(48)32(46)30(44)26(15-40)51-36)14-23-21-8-7-19-12-20(42)13-28(39(19,5)22(21)10-11-38(23,29)4)53-37-35(49)33(47)31(45)27(16-41)52-37/h7,17-18,20-37,40-49H,6,8-16H2,1-5H3/t18-,20?,21?,22?,23?,24?,25-,26-,27-,28?,29+,30+,31-,32+,33+,34-,35-,36+,37+,38+,39+/m1/s1. The van der Waals surface area contributed by atoms with E-state index in [1.165, 1.54) is 0 Å². The summed E-state index contributed by atoms with van der Waals surface area (Å²) in [5, 5.41) is 106. The van der Waals surface area contributed by atoms with Gasteiger partial charge in [-0.05, 0) is 85.9 Å². The van der Waals surface area contributed by atoms with E-state index in [1.807, 2.05) is 0 Å². The zero-order chi connectivity index (χ0) is 38.7. The van der Waals surface area contributed by atoms with E-state index in [0.29, 0.717) is 25.2 Å². The van der Waals surface area contributed by atoms with Crippen molar-refractivity contribution in [1.82, 2.24) is 0 Å². The number of aliphatic hydroxyl groups is 10. The zero-order valence-electron chi connectivity index (χ0n) is 31.8. The molecule has 0 aromatic rings. The third-order valence-corrected chi connectivity index (χ3v) is 14.7. The summed E-state index contributed by atoms with van der Waals surface area (Å²) in [5.74, 6) is 0.371. The van der Waals surface area contributed by atoms with Gasteiger partial charge in [-0.25, -0.2) is 0 Å². The summed E-state index contributed by atoms with van der Waals surface area (Å²) < 4.78 is 24.8. The van der Waals surface area contributed by atoms with Crippen LogP contribution in [0.2, 0.25) is 0 Å². The molecular formula is C39H66O14. The van der Waals surface area contributed by atoms with Crippen LogP contribution in [0.15, 0.2) is 11.6 Å². The third kappa shape index (κ3) is 7.42. The third-order valence-electron chi connectivity index (χ3n) is 14.7. The molecule has 2 aliphatic heterocycles. The van der Waals surface area contributed by atoms with Crippen molar-refractivity contribution in [2.24, 2.45) is 46.3 Å². The van der Waals surface area contributed by atoms with E-state index < -0.39 is 104 Å². The lowest BCUT2D eigenvalue weighted by molar-refractivity contribution is -0.324. The van der Waals surface area contributed by atoms with Gasteiger partial charge in [0.05, 0.1) is 37.6 Å². The minimum atomic E-state index is -1.59. The molecule has 14 nitrogen and oxygen atoms in total. The highest BCUT2D eigenvalue weighted by atomic mass is 16.7. The molecule has 10 N–H and O–H groups in total. The molecule has 0 aromatic carbocycles. The van der Waals surface area contributed by atoms with Crippen molar-refractivity contribution in [3.05, 3.63) is 11.6 Å². The molecule has 0 amide bonds. The quantitative estimate of drug-likeness (QED) is 0.124. The fraction of sp³-hybridized carbons (Fsp3) is 0.949. The Bertz CT molecular complexity index is 1260. The molecule has 4 aliphatic carbocycles. The molecule has 0 radical (unpaired) electrons. The zero-order valence-corrected chi connectivity index (χ0v) is 31.8. The van der Waals surface area contributed by atoms with Crippen LogP contribution < -0.4 is 0 Å². The van der Waals surface area contributed by atoms with E-state index in [2.05, 4.69) is 40.7 Å². The summed E-state index contributed by atoms with van der Waals surface area (Å²) in [6.07, 6.45) is -9.27. The number of hydrogen-bond donors (Lipinski definition) is 10. The SMILES string of the molecule is CC(C)CCC(O)[C@@H](C)[C@H]1[C@H](O[C@H]2O[C@H](CO)[C@H](O)[C@H](O)[C@H]2O)CC2C3CC=C4CC(O)CC(O[C@@H]5O[C@H](CO)[C@@H](O)[C@H](O)[C@H]5O)[C@]4(C)C3CC[C@@]21C. The molecule has 306 valence electrons. The van der Waals surface area contributed by atoms with Crippen molar-refractivity contribution < 1.29 is 70.0 Å². The van der Waals surface area contributed by atoms with Gasteiger partial charge in [0, 0.05) is 11.8 Å². The Hall–Kier alpha value is -0.820. The highest BCUT2D eigenvalue weighted by molar-refractivity contribution is 5.28. The predicted molar refractivity (Wildman–Crippen MR) is 188 cm³/mol. The Morgan fingerprint density at radius 3 is 1.92 bits per heavy atom. The molecule has 14 heteroatoms. The molecule has 5 fully saturated rings. The Kier molecular flexibility index (Phi) is 12.8. The van der Waals surface area contributed by atoms with E-state index in [1.54, 1.807) is 0 Å². The van der Waals surface area contributed by atoms with Crippen molar-refractivity contribution in [2.75, 3.05) is 13.2 Å². The summed E-state index contributed by atoms with van der Waals surface area (Å²) in [4.78, 5) is 0. The van der Waals surface area contributed by atoms with Gasteiger partial charge >= 0.3 is 0 Å². The van der Waals surface area contributed by atoms with E-state index in [-0.39, 0.29) is 41.4 Å². The first-order chi connectivity index (χ1) is 25.0. The average molecular weight is 759 g/mol. The van der Waals surface area contributed by atoms with Crippen LogP contribution in [-0.2, 0) is 18.9 Å². The number of ether oxygens (including phenoxy) is 4. The summed E-state index contributed by atoms with van der Waals surface area (Å²) in [6.45, 7) is 9.58. The molecule has 0 bridgehead atoms. The summed E-state index contributed by atoms with van der Waals surface area (Å²) >= 11 is 0. The van der Waals surface area contributed by atoms with E-state index in [9.17, 15) is 51.1 Å². The van der Waals surface area contributed by atoms with Crippen LogP contribution in [0.3, 0.4) is 0 Å². The topological polar surface area (TPSA) is 239 Å². The first-order valence-corrected chi connectivity index (χ1v) is 19.9. The molecule has 6 unspecified atom stereocenters. The first-order valence-electron chi connectivity index (χ1n) is 19.9. The van der Waals surface area contributed by atoms with E-state index in [4.69, 9.17) is 18.9 Å². The molecule has 3 saturated carbocycles. The van der Waals surface area contributed by atoms with Crippen molar-refractivity contribution in [2.45, 2.75) is 172 Å². The van der Waals surface area contributed by atoms with Crippen LogP contribution in [0, 0.1) is 46.3 Å². The highest BCUT2D eigenvalue weighted by Crippen LogP contribution is 2.68. The first kappa shape index (κ1) is 41.8. The number of allylic oxidation sites excluding steroid dienone is 1. The van der Waals surface area contributed by atoms with Gasteiger partial charge in [0.25, 0.3) is 0 Å². The van der Waals surface area contributed by atoms with E-state index in [0.717, 1.165) is 31.3 Å². The van der Waals surface area contributed by atoms with Gasteiger partial charge in [-0.15, -0.1) is 0 Å². The van der Waals surface area contributed by atoms with Gasteiger partial charge in [0.15, 0.2) is 12.6 Å². The van der Waals surface area contributed by atoms with Crippen LogP contribution in [0.25, 0.3) is 0 Å². The predicted octanol–water partition coefficient (Wildman–Crippen LogP) is -0.0505. The van der Waals surface area contributed by atoms with Crippen molar-refractivity contribution >= 4 is 0 Å². The normalized spacial score (nSPS) is 51.2. The Morgan fingerprint density at radius 2 is 1.36 bits per heavy atom. The van der Waals surface area contributed by atoms with Crippen LogP contribution >= 0.6 is 0 Å². The molecule has 2 heterocycles. The van der Waals surface area contributed by atoms with Crippen molar-refractivity contribution in [3.63, 3.8) is 0 Å². The maximum absolute atomic E-state index is 11.6. The molecule has 0 spiro atoms. The molecule has 6 aliphatic rings. The second-order valence-electron chi connectivity index (χ2n) is 18.1. The van der Waals surface area contributed by atoms with E-state index >= 15 is 0 Å². The highest BCUT2D eigenvalue weighted by Gasteiger charge is 2.65. The fourth-order valence-corrected chi connectivity index (χ4v) is 11.7. The number of rotatable bonds is 11. The smallest absolute Gasteiger partial charge is 0.187 e. The number of aliphatic hydroxyl groups excluding tert-OH is 10. The van der Waals surface area contributed by atoms with Crippen molar-refractivity contribution in [3.8, 4) is 0 Å². The molecule has 6 rings (SSSR count). The Labute approximate surface area is 312 Å². The summed E-state index contributed by atoms with van der Waals surface area (Å²) in [5.41, 5.74) is 0.176. The van der Waals surface area contributed by atoms with Gasteiger partial charge in [0.2, 0.25) is 0 Å². The minimum absolute atomic E-state index is 0.0794. The average Bonchev–Trinajstić information content (AvgIpc) is 3.42. The molecule has 2 saturated heterocycles. The lowest BCUT2D eigenvalue weighted by Crippen LogP contribution is -2.62. The maximum Gasteiger partial charge on any atom is 0.187 e. The van der Waals surface area contributed by atoms with Crippen LogP contribution in [0.4, 0.5) is 0 Å². The summed E-state index contributed by atoms with van der Waals surface area (Å²) in [7, 11) is 0. The number of hydrogen-bond acceptors (Lipinski definition) is 14. The fourth-order valence-electron chi connectivity index (χ4n) is 11.7. The Morgan fingerprint density at radius 1 is 0.774 bits per heavy atom. The van der Waals surface area contributed by atoms with Crippen LogP contribution in [-0.4, -0.2) is 150 Å². The van der Waals surface area contributed by atoms with Gasteiger partial charge < -0.3 is 70.0 Å². The molecule has 0 aromatic heterocycles. The largest absolute Gasteiger partial charge is 0.394 e. The van der Waals surface area contributed by atoms with Crippen molar-refractivity contribution in [1.29, 1.82) is 0 Å². The second kappa shape index (κ2) is 16.2. The summed E-state index contributed by atoms with van der Waals surface area (Å²) in [6, 6.07) is 0. The van der Waals surface area contributed by atoms with Crippen LogP contribution in [0.5, 0.6) is 0 Å². The van der Waals surface area contributed by atoms with Gasteiger partial charge in [0.1, 0.15) is 48.8 Å². The van der Waals surface area contributed by atoms with Gasteiger partial charge in [-0.3, -0.25) is 0 Å². The lowest BCUT2D eigenvalue weighted by Gasteiger charge is -2.60. The monoisotopic (exact) mass is 758 g/mol. The number of fused-ring (bicyclic) bond motifs is 5.